The highest BCUT2D eigenvalue weighted by atomic mass is 15.0. The van der Waals surface area contributed by atoms with Crippen molar-refractivity contribution in [2.45, 2.75) is 0 Å². The van der Waals surface area contributed by atoms with Crippen molar-refractivity contribution in [3.63, 3.8) is 0 Å². The lowest BCUT2D eigenvalue weighted by Gasteiger charge is -2.18. The molecule has 5 nitrogen and oxygen atoms in total. The summed E-state index contributed by atoms with van der Waals surface area (Å²) in [5.74, 6) is 0. The predicted octanol–water partition coefficient (Wildman–Crippen LogP) is 10.8. The molecule has 0 amide bonds. The van der Waals surface area contributed by atoms with Gasteiger partial charge < -0.3 is 9.13 Å². The molecule has 0 aliphatic carbocycles. The summed E-state index contributed by atoms with van der Waals surface area (Å²) in [7, 11) is 0. The zero-order valence-electron chi connectivity index (χ0n) is 26.7. The van der Waals surface area contributed by atoms with Gasteiger partial charge in [0.2, 0.25) is 0 Å². The number of aromatic nitrogens is 2. The van der Waals surface area contributed by atoms with Crippen LogP contribution in [0.1, 0.15) is 16.7 Å². The molecule has 0 N–H and O–H groups in total. The van der Waals surface area contributed by atoms with Crippen LogP contribution in [0.25, 0.3) is 77.2 Å². The first kappa shape index (κ1) is 28.8. The number of hydrogen-bond acceptors (Lipinski definition) is 3. The van der Waals surface area contributed by atoms with Gasteiger partial charge in [-0.05, 0) is 77.9 Å². The van der Waals surface area contributed by atoms with Crippen molar-refractivity contribution in [2.75, 3.05) is 0 Å². The molecule has 9 rings (SSSR count). The maximum absolute atomic E-state index is 10.5. The summed E-state index contributed by atoms with van der Waals surface area (Å²) in [5.41, 5.74) is 11.4. The normalized spacial score (nSPS) is 11.1. The Morgan fingerprint density at radius 1 is 0.420 bits per heavy atom. The van der Waals surface area contributed by atoms with Crippen molar-refractivity contribution in [2.24, 2.45) is 0 Å². The van der Waals surface area contributed by atoms with Gasteiger partial charge in [-0.25, -0.2) is 0 Å². The van der Waals surface area contributed by atoms with Gasteiger partial charge in [0.25, 0.3) is 0 Å². The Morgan fingerprint density at radius 2 is 1.06 bits per heavy atom. The Bertz CT molecular complexity index is 2970. The third-order valence-corrected chi connectivity index (χ3v) is 9.63. The SMILES string of the molecule is N#Cc1ccc2c(c1)c1ccccc1n2-c1cccc(-c2cccc(C#N)c2-c2ccccc2-n2c3ccccc3c3c(C#N)cccc32)c1. The minimum absolute atomic E-state index is 0.569. The first-order valence-corrected chi connectivity index (χ1v) is 16.3. The van der Waals surface area contributed by atoms with E-state index in [1.54, 1.807) is 0 Å². The number of nitriles is 3. The highest BCUT2D eigenvalue weighted by Crippen LogP contribution is 2.42. The molecule has 50 heavy (non-hydrogen) atoms. The maximum Gasteiger partial charge on any atom is 0.0998 e. The molecule has 2 aromatic heterocycles. The Kier molecular flexibility index (Phi) is 6.56. The molecule has 0 saturated carbocycles. The lowest BCUT2D eigenvalue weighted by atomic mass is 9.89. The molecule has 230 valence electrons. The van der Waals surface area contributed by atoms with Gasteiger partial charge in [-0.1, -0.05) is 84.9 Å². The molecule has 0 aliphatic rings. The van der Waals surface area contributed by atoms with E-state index < -0.39 is 0 Å². The Morgan fingerprint density at radius 3 is 1.88 bits per heavy atom. The van der Waals surface area contributed by atoms with Gasteiger partial charge in [-0.2, -0.15) is 15.8 Å². The Balaban J connectivity index is 1.30. The van der Waals surface area contributed by atoms with E-state index >= 15 is 0 Å². The first-order chi connectivity index (χ1) is 24.7. The summed E-state index contributed by atoms with van der Waals surface area (Å²) >= 11 is 0. The lowest BCUT2D eigenvalue weighted by Crippen LogP contribution is -2.00. The van der Waals surface area contributed by atoms with Crippen molar-refractivity contribution in [1.82, 2.24) is 9.13 Å². The average molecular weight is 636 g/mol. The summed E-state index contributed by atoms with van der Waals surface area (Å²) in [6.45, 7) is 0. The largest absolute Gasteiger partial charge is 0.309 e. The second-order valence-corrected chi connectivity index (χ2v) is 12.3. The smallest absolute Gasteiger partial charge is 0.0998 e. The fourth-order valence-electron chi connectivity index (χ4n) is 7.56. The summed E-state index contributed by atoms with van der Waals surface area (Å²) < 4.78 is 4.45. The van der Waals surface area contributed by atoms with Gasteiger partial charge >= 0.3 is 0 Å². The first-order valence-electron chi connectivity index (χ1n) is 16.3. The van der Waals surface area contributed by atoms with E-state index in [2.05, 4.69) is 100 Å². The molecule has 0 atom stereocenters. The fourth-order valence-corrected chi connectivity index (χ4v) is 7.56. The number of fused-ring (bicyclic) bond motifs is 6. The maximum atomic E-state index is 10.5. The minimum atomic E-state index is 0.569. The molecule has 9 aromatic rings. The van der Waals surface area contributed by atoms with Crippen molar-refractivity contribution in [1.29, 1.82) is 15.8 Å². The third-order valence-electron chi connectivity index (χ3n) is 9.63. The van der Waals surface area contributed by atoms with E-state index in [4.69, 9.17) is 0 Å². The van der Waals surface area contributed by atoms with Crippen LogP contribution in [0.4, 0.5) is 0 Å². The van der Waals surface area contributed by atoms with Gasteiger partial charge in [0.15, 0.2) is 0 Å². The van der Waals surface area contributed by atoms with Crippen LogP contribution < -0.4 is 0 Å². The molecule has 0 unspecified atom stereocenters. The number of para-hydroxylation sites is 3. The van der Waals surface area contributed by atoms with Crippen LogP contribution in [-0.2, 0) is 0 Å². The predicted molar refractivity (Wildman–Crippen MR) is 200 cm³/mol. The van der Waals surface area contributed by atoms with Crippen LogP contribution in [0, 0.1) is 34.0 Å². The number of hydrogen-bond donors (Lipinski definition) is 0. The van der Waals surface area contributed by atoms with Gasteiger partial charge in [-0.15, -0.1) is 0 Å². The van der Waals surface area contributed by atoms with Gasteiger partial charge in [0.05, 0.1) is 62.7 Å². The van der Waals surface area contributed by atoms with E-state index in [0.717, 1.165) is 77.2 Å². The van der Waals surface area contributed by atoms with Crippen LogP contribution in [-0.4, -0.2) is 9.13 Å². The summed E-state index contributed by atoms with van der Waals surface area (Å²) in [4.78, 5) is 0. The topological polar surface area (TPSA) is 81.2 Å². The summed E-state index contributed by atoms with van der Waals surface area (Å²) in [5, 5.41) is 34.3. The van der Waals surface area contributed by atoms with Crippen molar-refractivity contribution in [3.8, 4) is 51.8 Å². The van der Waals surface area contributed by atoms with E-state index in [-0.39, 0.29) is 0 Å². The van der Waals surface area contributed by atoms with Gasteiger partial charge in [0, 0.05) is 38.4 Å². The second-order valence-electron chi connectivity index (χ2n) is 12.3. The zero-order valence-corrected chi connectivity index (χ0v) is 26.7. The molecular formula is C45H25N5. The molecule has 0 fully saturated rings. The highest BCUT2D eigenvalue weighted by molar-refractivity contribution is 6.13. The third kappa shape index (κ3) is 4.24. The average Bonchev–Trinajstić information content (AvgIpc) is 3.70. The van der Waals surface area contributed by atoms with E-state index in [9.17, 15) is 15.8 Å². The number of nitrogens with zero attached hydrogens (tertiary/aromatic N) is 5. The quantitative estimate of drug-likeness (QED) is 0.193. The molecule has 0 radical (unpaired) electrons. The Hall–Kier alpha value is -7.39. The Labute approximate surface area is 287 Å². The minimum Gasteiger partial charge on any atom is -0.309 e. The molecule has 0 bridgehead atoms. The number of rotatable bonds is 4. The number of benzene rings is 7. The van der Waals surface area contributed by atoms with E-state index in [1.165, 1.54) is 0 Å². The molecule has 7 aromatic carbocycles. The second kappa shape index (κ2) is 11.4. The van der Waals surface area contributed by atoms with Crippen LogP contribution >= 0.6 is 0 Å². The van der Waals surface area contributed by atoms with Gasteiger partial charge in [0.1, 0.15) is 0 Å². The molecule has 0 aliphatic heterocycles. The van der Waals surface area contributed by atoms with Crippen molar-refractivity contribution >= 4 is 43.6 Å². The van der Waals surface area contributed by atoms with Crippen LogP contribution in [0.3, 0.4) is 0 Å². The summed E-state index contributed by atoms with van der Waals surface area (Å²) in [6.07, 6.45) is 0. The monoisotopic (exact) mass is 635 g/mol. The molecule has 5 heteroatoms. The molecular weight excluding hydrogens is 611 g/mol. The standard InChI is InChI=1S/C45H25N5/c46-26-29-22-23-42-38(24-29)35-14-1-4-18-39(35)49(42)33-13-7-10-30(25-33)34-17-8-11-31(27-47)44(34)36-15-2-5-19-40(36)50-41-20-6-3-16-37(41)45-32(28-48)12-9-21-43(45)50/h1-25H. The summed E-state index contributed by atoms with van der Waals surface area (Å²) in [6, 6.07) is 57.8. The van der Waals surface area contributed by atoms with Crippen molar-refractivity contribution in [3.05, 3.63) is 168 Å². The molecule has 0 spiro atoms. The van der Waals surface area contributed by atoms with Crippen LogP contribution in [0.5, 0.6) is 0 Å². The van der Waals surface area contributed by atoms with Crippen molar-refractivity contribution < 1.29 is 0 Å². The van der Waals surface area contributed by atoms with E-state index in [0.29, 0.717) is 16.7 Å². The zero-order chi connectivity index (χ0) is 33.8. The molecule has 2 heterocycles. The highest BCUT2D eigenvalue weighted by Gasteiger charge is 2.21. The van der Waals surface area contributed by atoms with Gasteiger partial charge in [-0.3, -0.25) is 0 Å². The fraction of sp³-hybridized carbons (Fsp3) is 0. The van der Waals surface area contributed by atoms with E-state index in [1.807, 2.05) is 78.9 Å². The van der Waals surface area contributed by atoms with Crippen LogP contribution in [0.2, 0.25) is 0 Å². The lowest BCUT2D eigenvalue weighted by molar-refractivity contribution is 1.18. The molecule has 0 saturated heterocycles. The van der Waals surface area contributed by atoms with Crippen LogP contribution in [0.15, 0.2) is 152 Å².